The third kappa shape index (κ3) is 1.65. The van der Waals surface area contributed by atoms with Gasteiger partial charge in [-0.3, -0.25) is 14.5 Å². The molecule has 1 N–H and O–H groups in total. The maximum Gasteiger partial charge on any atom is 0.261 e. The first-order chi connectivity index (χ1) is 8.27. The fraction of sp³-hybridized carbons (Fsp3) is 0.385. The van der Waals surface area contributed by atoms with Gasteiger partial charge in [0.1, 0.15) is 0 Å². The average Bonchev–Trinajstić information content (AvgIpc) is 2.53. The quantitative estimate of drug-likeness (QED) is 0.785. The standard InChI is InChI=1S/C13H14N2O2/c16-12-10-3-1-2-4-11(10)13(17)15(12)6-5-9-7-14-8-9/h1-4,9,14H,5-8H2. The molecule has 2 heterocycles. The maximum atomic E-state index is 12.0. The van der Waals surface area contributed by atoms with E-state index in [2.05, 4.69) is 5.32 Å². The van der Waals surface area contributed by atoms with Crippen molar-refractivity contribution in [2.75, 3.05) is 19.6 Å². The molecule has 0 unspecified atom stereocenters. The van der Waals surface area contributed by atoms with Gasteiger partial charge in [0.15, 0.2) is 0 Å². The third-order valence-corrected chi connectivity index (χ3v) is 3.51. The van der Waals surface area contributed by atoms with Crippen molar-refractivity contribution >= 4 is 11.8 Å². The Morgan fingerprint density at radius 2 is 1.71 bits per heavy atom. The normalized spacial score (nSPS) is 19.4. The Labute approximate surface area is 99.6 Å². The second-order valence-corrected chi connectivity index (χ2v) is 4.62. The van der Waals surface area contributed by atoms with Crippen molar-refractivity contribution in [1.29, 1.82) is 0 Å². The summed E-state index contributed by atoms with van der Waals surface area (Å²) in [4.78, 5) is 25.4. The van der Waals surface area contributed by atoms with Crippen LogP contribution in [0, 0.1) is 5.92 Å². The van der Waals surface area contributed by atoms with Crippen molar-refractivity contribution in [1.82, 2.24) is 10.2 Å². The van der Waals surface area contributed by atoms with Crippen molar-refractivity contribution in [2.24, 2.45) is 5.92 Å². The lowest BCUT2D eigenvalue weighted by molar-refractivity contribution is 0.0640. The highest BCUT2D eigenvalue weighted by atomic mass is 16.2. The molecule has 2 aliphatic rings. The highest BCUT2D eigenvalue weighted by molar-refractivity contribution is 6.21. The van der Waals surface area contributed by atoms with Crippen molar-refractivity contribution in [3.8, 4) is 0 Å². The SMILES string of the molecule is O=C1c2ccccc2C(=O)N1CCC1CNC1. The number of rotatable bonds is 3. The predicted octanol–water partition coefficient (Wildman–Crippen LogP) is 0.892. The Kier molecular flexibility index (Phi) is 2.44. The number of hydrogen-bond acceptors (Lipinski definition) is 3. The number of fused-ring (bicyclic) bond motifs is 1. The molecule has 88 valence electrons. The zero-order valence-electron chi connectivity index (χ0n) is 9.48. The Hall–Kier alpha value is -1.68. The molecule has 0 bridgehead atoms. The van der Waals surface area contributed by atoms with Crippen LogP contribution in [0.5, 0.6) is 0 Å². The largest absolute Gasteiger partial charge is 0.316 e. The van der Waals surface area contributed by atoms with E-state index in [0.29, 0.717) is 23.6 Å². The highest BCUT2D eigenvalue weighted by Gasteiger charge is 2.35. The van der Waals surface area contributed by atoms with Crippen LogP contribution >= 0.6 is 0 Å². The molecule has 1 aromatic rings. The van der Waals surface area contributed by atoms with E-state index in [4.69, 9.17) is 0 Å². The summed E-state index contributed by atoms with van der Waals surface area (Å²) in [5, 5.41) is 3.19. The summed E-state index contributed by atoms with van der Waals surface area (Å²) >= 11 is 0. The molecule has 2 amide bonds. The van der Waals surface area contributed by atoms with Gasteiger partial charge in [-0.25, -0.2) is 0 Å². The van der Waals surface area contributed by atoms with Crippen LogP contribution in [0.2, 0.25) is 0 Å². The summed E-state index contributed by atoms with van der Waals surface area (Å²) in [5.74, 6) is 0.329. The monoisotopic (exact) mass is 230 g/mol. The van der Waals surface area contributed by atoms with Crippen LogP contribution in [0.25, 0.3) is 0 Å². The number of benzene rings is 1. The summed E-state index contributed by atoms with van der Waals surface area (Å²) in [6.07, 6.45) is 0.901. The smallest absolute Gasteiger partial charge is 0.261 e. The zero-order valence-corrected chi connectivity index (χ0v) is 9.48. The van der Waals surface area contributed by atoms with E-state index in [0.717, 1.165) is 19.5 Å². The van der Waals surface area contributed by atoms with Gasteiger partial charge in [-0.2, -0.15) is 0 Å². The first kappa shape index (κ1) is 10.5. The van der Waals surface area contributed by atoms with Crippen LogP contribution in [-0.2, 0) is 0 Å². The van der Waals surface area contributed by atoms with Crippen LogP contribution in [0.1, 0.15) is 27.1 Å². The first-order valence-corrected chi connectivity index (χ1v) is 5.93. The highest BCUT2D eigenvalue weighted by Crippen LogP contribution is 2.23. The molecule has 4 heteroatoms. The lowest BCUT2D eigenvalue weighted by Crippen LogP contribution is -2.44. The fourth-order valence-electron chi connectivity index (χ4n) is 2.31. The molecule has 17 heavy (non-hydrogen) atoms. The Morgan fingerprint density at radius 3 is 2.18 bits per heavy atom. The molecule has 2 aliphatic heterocycles. The van der Waals surface area contributed by atoms with E-state index in [1.165, 1.54) is 4.90 Å². The molecule has 1 aromatic carbocycles. The van der Waals surface area contributed by atoms with Gasteiger partial charge in [-0.15, -0.1) is 0 Å². The van der Waals surface area contributed by atoms with E-state index in [1.807, 2.05) is 0 Å². The number of carbonyl (C=O) groups excluding carboxylic acids is 2. The van der Waals surface area contributed by atoms with E-state index in [9.17, 15) is 9.59 Å². The number of nitrogens with one attached hydrogen (secondary N) is 1. The minimum atomic E-state index is -0.141. The van der Waals surface area contributed by atoms with Crippen LogP contribution < -0.4 is 5.32 Å². The summed E-state index contributed by atoms with van der Waals surface area (Å²) in [5.41, 5.74) is 1.09. The van der Waals surface area contributed by atoms with Gasteiger partial charge in [0, 0.05) is 6.54 Å². The molecule has 0 radical (unpaired) electrons. The second kappa shape index (κ2) is 3.96. The molecule has 0 atom stereocenters. The Balaban J connectivity index is 1.75. The van der Waals surface area contributed by atoms with E-state index in [1.54, 1.807) is 24.3 Å². The Bertz CT molecular complexity index is 445. The molecule has 0 saturated carbocycles. The summed E-state index contributed by atoms with van der Waals surface area (Å²) < 4.78 is 0. The lowest BCUT2D eigenvalue weighted by atomic mass is 9.99. The number of amides is 2. The molecule has 0 spiro atoms. The first-order valence-electron chi connectivity index (χ1n) is 5.93. The minimum absolute atomic E-state index is 0.141. The Morgan fingerprint density at radius 1 is 1.12 bits per heavy atom. The molecule has 1 fully saturated rings. The molecule has 0 aliphatic carbocycles. The number of nitrogens with zero attached hydrogens (tertiary/aromatic N) is 1. The fourth-order valence-corrected chi connectivity index (χ4v) is 2.31. The predicted molar refractivity (Wildman–Crippen MR) is 62.8 cm³/mol. The molecule has 4 nitrogen and oxygen atoms in total. The van der Waals surface area contributed by atoms with Gasteiger partial charge in [-0.05, 0) is 37.6 Å². The average molecular weight is 230 g/mol. The van der Waals surface area contributed by atoms with Crippen LogP contribution in [-0.4, -0.2) is 36.3 Å². The van der Waals surface area contributed by atoms with Gasteiger partial charge in [0.25, 0.3) is 11.8 Å². The van der Waals surface area contributed by atoms with Gasteiger partial charge in [0.05, 0.1) is 11.1 Å². The number of hydrogen-bond donors (Lipinski definition) is 1. The topological polar surface area (TPSA) is 49.4 Å². The molecule has 3 rings (SSSR count). The summed E-state index contributed by atoms with van der Waals surface area (Å²) in [7, 11) is 0. The van der Waals surface area contributed by atoms with Crippen molar-refractivity contribution < 1.29 is 9.59 Å². The lowest BCUT2D eigenvalue weighted by Gasteiger charge is -2.28. The molecule has 0 aromatic heterocycles. The number of imide groups is 1. The van der Waals surface area contributed by atoms with Crippen LogP contribution in [0.15, 0.2) is 24.3 Å². The minimum Gasteiger partial charge on any atom is -0.316 e. The van der Waals surface area contributed by atoms with E-state index in [-0.39, 0.29) is 11.8 Å². The van der Waals surface area contributed by atoms with Crippen LogP contribution in [0.3, 0.4) is 0 Å². The van der Waals surface area contributed by atoms with Crippen LogP contribution in [0.4, 0.5) is 0 Å². The third-order valence-electron chi connectivity index (χ3n) is 3.51. The van der Waals surface area contributed by atoms with E-state index < -0.39 is 0 Å². The molecule has 1 saturated heterocycles. The molecular weight excluding hydrogens is 216 g/mol. The second-order valence-electron chi connectivity index (χ2n) is 4.62. The summed E-state index contributed by atoms with van der Waals surface area (Å²) in [6, 6.07) is 7.04. The van der Waals surface area contributed by atoms with Gasteiger partial charge in [0.2, 0.25) is 0 Å². The van der Waals surface area contributed by atoms with Crippen molar-refractivity contribution in [3.05, 3.63) is 35.4 Å². The summed E-state index contributed by atoms with van der Waals surface area (Å²) in [6.45, 7) is 2.55. The van der Waals surface area contributed by atoms with Crippen molar-refractivity contribution in [2.45, 2.75) is 6.42 Å². The van der Waals surface area contributed by atoms with Gasteiger partial charge in [-0.1, -0.05) is 12.1 Å². The maximum absolute atomic E-state index is 12.0. The van der Waals surface area contributed by atoms with E-state index >= 15 is 0 Å². The zero-order chi connectivity index (χ0) is 11.8. The van der Waals surface area contributed by atoms with Gasteiger partial charge < -0.3 is 5.32 Å². The molecular formula is C13H14N2O2. The van der Waals surface area contributed by atoms with Gasteiger partial charge >= 0.3 is 0 Å². The number of carbonyl (C=O) groups is 2. The van der Waals surface area contributed by atoms with Crippen molar-refractivity contribution in [3.63, 3.8) is 0 Å².